The number of fused-ring (bicyclic) bond motifs is 1. The van der Waals surface area contributed by atoms with Gasteiger partial charge in [0.2, 0.25) is 5.89 Å². The molecule has 0 atom stereocenters. The lowest BCUT2D eigenvalue weighted by atomic mass is 10.3. The Hall–Kier alpha value is -2.89. The fourth-order valence-electron chi connectivity index (χ4n) is 1.86. The van der Waals surface area contributed by atoms with Gasteiger partial charge in [0.1, 0.15) is 12.1 Å². The number of aromatic amines is 1. The molecule has 0 amide bonds. The zero-order valence-corrected chi connectivity index (χ0v) is 11.4. The zero-order valence-electron chi connectivity index (χ0n) is 11.4. The maximum absolute atomic E-state index is 11.5. The fraction of sp³-hybridized carbons (Fsp3) is 0.133. The molecular weight excluding hydrogens is 270 g/mol. The second-order valence-electron chi connectivity index (χ2n) is 4.26. The molecule has 6 nitrogen and oxygen atoms in total. The van der Waals surface area contributed by atoms with Crippen molar-refractivity contribution in [3.63, 3.8) is 0 Å². The smallest absolute Gasteiger partial charge is 0.360 e. The molecule has 0 spiro atoms. The second kappa shape index (κ2) is 5.62. The van der Waals surface area contributed by atoms with Crippen LogP contribution in [0.15, 0.2) is 34.9 Å². The first-order valence-electron chi connectivity index (χ1n) is 6.51. The van der Waals surface area contributed by atoms with Crippen LogP contribution >= 0.6 is 0 Å². The number of carbonyl (C=O) groups is 1. The van der Waals surface area contributed by atoms with Gasteiger partial charge >= 0.3 is 5.97 Å². The quantitative estimate of drug-likeness (QED) is 0.744. The van der Waals surface area contributed by atoms with E-state index in [0.717, 1.165) is 11.0 Å². The number of carbonyl (C=O) groups excluding carboxylic acids is 1. The molecule has 3 aromatic rings. The van der Waals surface area contributed by atoms with Crippen molar-refractivity contribution in [3.05, 3.63) is 47.9 Å². The number of hydrogen-bond donors (Lipinski definition) is 1. The molecule has 0 saturated heterocycles. The monoisotopic (exact) mass is 283 g/mol. The molecule has 0 aliphatic heterocycles. The van der Waals surface area contributed by atoms with Gasteiger partial charge in [0.15, 0.2) is 5.69 Å². The van der Waals surface area contributed by atoms with Crippen LogP contribution < -0.4 is 0 Å². The predicted molar refractivity (Wildman–Crippen MR) is 77.5 cm³/mol. The van der Waals surface area contributed by atoms with Gasteiger partial charge in [-0.15, -0.1) is 0 Å². The Balaban J connectivity index is 1.78. The Bertz CT molecular complexity index is 768. The summed E-state index contributed by atoms with van der Waals surface area (Å²) in [5.74, 6) is 0.509. The van der Waals surface area contributed by atoms with Crippen LogP contribution in [0.4, 0.5) is 0 Å². The summed E-state index contributed by atoms with van der Waals surface area (Å²) in [5.41, 5.74) is 2.00. The van der Waals surface area contributed by atoms with Crippen LogP contribution in [0, 0.1) is 0 Å². The Kier molecular flexibility index (Phi) is 3.51. The molecule has 0 unspecified atom stereocenters. The van der Waals surface area contributed by atoms with Crippen molar-refractivity contribution in [1.82, 2.24) is 15.0 Å². The van der Waals surface area contributed by atoms with Crippen molar-refractivity contribution in [1.29, 1.82) is 0 Å². The number of hydrogen-bond acceptors (Lipinski definition) is 5. The van der Waals surface area contributed by atoms with Crippen LogP contribution in [-0.4, -0.2) is 27.5 Å². The van der Waals surface area contributed by atoms with Gasteiger partial charge in [-0.1, -0.05) is 12.1 Å². The van der Waals surface area contributed by atoms with Crippen LogP contribution in [0.5, 0.6) is 0 Å². The Labute approximate surface area is 120 Å². The van der Waals surface area contributed by atoms with E-state index in [0.29, 0.717) is 18.3 Å². The van der Waals surface area contributed by atoms with Crippen LogP contribution in [0.3, 0.4) is 0 Å². The van der Waals surface area contributed by atoms with Crippen molar-refractivity contribution in [3.8, 4) is 0 Å². The van der Waals surface area contributed by atoms with Gasteiger partial charge in [-0.25, -0.2) is 14.8 Å². The summed E-state index contributed by atoms with van der Waals surface area (Å²) in [6.07, 6.45) is 4.65. The molecule has 1 aromatic carbocycles. The highest BCUT2D eigenvalue weighted by Crippen LogP contribution is 2.13. The number of ether oxygens (including phenoxy) is 1. The van der Waals surface area contributed by atoms with Gasteiger partial charge < -0.3 is 14.1 Å². The second-order valence-corrected chi connectivity index (χ2v) is 4.26. The van der Waals surface area contributed by atoms with E-state index in [1.165, 1.54) is 6.26 Å². The normalized spacial score (nSPS) is 11.3. The average molecular weight is 283 g/mol. The van der Waals surface area contributed by atoms with Crippen molar-refractivity contribution in [2.45, 2.75) is 6.92 Å². The summed E-state index contributed by atoms with van der Waals surface area (Å²) < 4.78 is 10.0. The van der Waals surface area contributed by atoms with Crippen LogP contribution in [0.25, 0.3) is 23.2 Å². The van der Waals surface area contributed by atoms with Crippen LogP contribution in [0.2, 0.25) is 0 Å². The summed E-state index contributed by atoms with van der Waals surface area (Å²) in [5, 5.41) is 0. The first-order valence-corrected chi connectivity index (χ1v) is 6.51. The van der Waals surface area contributed by atoms with Crippen molar-refractivity contribution in [2.24, 2.45) is 0 Å². The maximum atomic E-state index is 11.5. The largest absolute Gasteiger partial charge is 0.461 e. The molecule has 106 valence electrons. The lowest BCUT2D eigenvalue weighted by Gasteiger charge is -1.94. The lowest BCUT2D eigenvalue weighted by Crippen LogP contribution is -2.04. The minimum absolute atomic E-state index is 0.154. The van der Waals surface area contributed by atoms with Gasteiger partial charge in [-0.05, 0) is 25.1 Å². The molecule has 0 aliphatic rings. The average Bonchev–Trinajstić information content (AvgIpc) is 3.11. The summed E-state index contributed by atoms with van der Waals surface area (Å²) in [6.45, 7) is 2.04. The summed E-state index contributed by atoms with van der Waals surface area (Å²) in [4.78, 5) is 23.0. The Morgan fingerprint density at radius 3 is 3.00 bits per heavy atom. The SMILES string of the molecule is CCOC(=O)c1coc(C=Cc2nc3ccccc3[nH]2)n1. The number of para-hydroxylation sites is 2. The van der Waals surface area contributed by atoms with E-state index in [1.54, 1.807) is 19.1 Å². The number of imidazole rings is 1. The molecule has 2 heterocycles. The zero-order chi connectivity index (χ0) is 14.7. The number of H-pyrrole nitrogens is 1. The molecular formula is C15H13N3O3. The molecule has 3 rings (SSSR count). The van der Waals surface area contributed by atoms with Crippen molar-refractivity contribution >= 4 is 29.2 Å². The molecule has 2 aromatic heterocycles. The highest BCUT2D eigenvalue weighted by molar-refractivity contribution is 5.87. The lowest BCUT2D eigenvalue weighted by molar-refractivity contribution is 0.0519. The Morgan fingerprint density at radius 1 is 1.33 bits per heavy atom. The molecule has 0 saturated carbocycles. The number of esters is 1. The predicted octanol–water partition coefficient (Wildman–Crippen LogP) is 2.90. The van der Waals surface area contributed by atoms with E-state index >= 15 is 0 Å². The van der Waals surface area contributed by atoms with Crippen molar-refractivity contribution < 1.29 is 13.9 Å². The van der Waals surface area contributed by atoms with E-state index in [-0.39, 0.29) is 5.69 Å². The first kappa shape index (κ1) is 13.1. The van der Waals surface area contributed by atoms with Crippen LogP contribution in [0.1, 0.15) is 29.1 Å². The van der Waals surface area contributed by atoms with Crippen molar-refractivity contribution in [2.75, 3.05) is 6.61 Å². The highest BCUT2D eigenvalue weighted by atomic mass is 16.5. The van der Waals surface area contributed by atoms with Gasteiger partial charge in [0.25, 0.3) is 0 Å². The number of nitrogens with zero attached hydrogens (tertiary/aromatic N) is 2. The Morgan fingerprint density at radius 2 is 2.19 bits per heavy atom. The van der Waals surface area contributed by atoms with E-state index < -0.39 is 5.97 Å². The minimum Gasteiger partial charge on any atom is -0.461 e. The summed E-state index contributed by atoms with van der Waals surface area (Å²) in [7, 11) is 0. The fourth-order valence-corrected chi connectivity index (χ4v) is 1.86. The summed E-state index contributed by atoms with van der Waals surface area (Å²) >= 11 is 0. The van der Waals surface area contributed by atoms with Gasteiger partial charge in [-0.2, -0.15) is 0 Å². The molecule has 0 fully saturated rings. The van der Waals surface area contributed by atoms with Crippen LogP contribution in [-0.2, 0) is 4.74 Å². The topological polar surface area (TPSA) is 81.0 Å². The molecule has 1 N–H and O–H groups in total. The van der Waals surface area contributed by atoms with E-state index in [9.17, 15) is 4.79 Å². The van der Waals surface area contributed by atoms with Gasteiger partial charge in [0, 0.05) is 6.08 Å². The number of aromatic nitrogens is 3. The van der Waals surface area contributed by atoms with E-state index in [1.807, 2.05) is 24.3 Å². The maximum Gasteiger partial charge on any atom is 0.360 e. The molecule has 21 heavy (non-hydrogen) atoms. The van der Waals surface area contributed by atoms with E-state index in [2.05, 4.69) is 15.0 Å². The number of benzene rings is 1. The molecule has 6 heteroatoms. The number of oxazole rings is 1. The van der Waals surface area contributed by atoms with E-state index in [4.69, 9.17) is 9.15 Å². The number of rotatable bonds is 4. The third-order valence-electron chi connectivity index (χ3n) is 2.80. The molecule has 0 aliphatic carbocycles. The standard InChI is InChI=1S/C15H13N3O3/c1-2-20-15(19)12-9-21-14(18-12)8-7-13-16-10-5-3-4-6-11(10)17-13/h3-9H,2H2,1H3,(H,16,17). The minimum atomic E-state index is -0.496. The molecule has 0 radical (unpaired) electrons. The third-order valence-corrected chi connectivity index (χ3v) is 2.80. The van der Waals surface area contributed by atoms with Gasteiger partial charge in [0.05, 0.1) is 17.6 Å². The third kappa shape index (κ3) is 2.84. The number of nitrogens with one attached hydrogen (secondary N) is 1. The highest BCUT2D eigenvalue weighted by Gasteiger charge is 2.11. The summed E-state index contributed by atoms with van der Waals surface area (Å²) in [6, 6.07) is 7.74. The first-order chi connectivity index (χ1) is 10.3. The van der Waals surface area contributed by atoms with Gasteiger partial charge in [-0.3, -0.25) is 0 Å². The molecule has 0 bridgehead atoms.